The highest BCUT2D eigenvalue weighted by Gasteiger charge is 2.25. The zero-order chi connectivity index (χ0) is 25.4. The molecule has 2 N–H and O–H groups in total. The molecule has 0 bridgehead atoms. The van der Waals surface area contributed by atoms with Crippen LogP contribution >= 0.6 is 0 Å². The number of aliphatic imine (C=N–C) groups is 2. The topological polar surface area (TPSA) is 94.9 Å². The molecule has 2 heterocycles. The van der Waals surface area contributed by atoms with Gasteiger partial charge in [0.2, 0.25) is 5.91 Å². The van der Waals surface area contributed by atoms with E-state index in [9.17, 15) is 4.79 Å². The second kappa shape index (κ2) is 12.5. The molecule has 0 aliphatic carbocycles. The van der Waals surface area contributed by atoms with Gasteiger partial charge in [0.05, 0.1) is 11.7 Å². The fraction of sp³-hybridized carbons (Fsp3) is 0.519. The number of nitrogens with zero attached hydrogens (tertiary/aromatic N) is 5. The lowest BCUT2D eigenvalue weighted by Gasteiger charge is -2.31. The third-order valence-corrected chi connectivity index (χ3v) is 6.17. The number of likely N-dealkylation sites (tertiary alicyclic amines) is 1. The van der Waals surface area contributed by atoms with Gasteiger partial charge in [-0.3, -0.25) is 9.79 Å². The highest BCUT2D eigenvalue weighted by atomic mass is 16.2. The van der Waals surface area contributed by atoms with Crippen molar-refractivity contribution in [1.29, 1.82) is 0 Å². The van der Waals surface area contributed by atoms with E-state index in [1.54, 1.807) is 6.20 Å². The van der Waals surface area contributed by atoms with Gasteiger partial charge in [0.1, 0.15) is 5.82 Å². The molecule has 0 radical (unpaired) electrons. The molecule has 188 valence electrons. The van der Waals surface area contributed by atoms with E-state index in [4.69, 9.17) is 0 Å². The maximum absolute atomic E-state index is 12.9. The van der Waals surface area contributed by atoms with E-state index in [2.05, 4.69) is 56.3 Å². The molecular weight excluding hydrogens is 438 g/mol. The number of nitrogens with one attached hydrogen (secondary N) is 2. The lowest BCUT2D eigenvalue weighted by molar-refractivity contribution is -0.121. The zero-order valence-corrected chi connectivity index (χ0v) is 21.7. The van der Waals surface area contributed by atoms with Crippen molar-refractivity contribution in [3.8, 4) is 0 Å². The molecule has 35 heavy (non-hydrogen) atoms. The maximum Gasteiger partial charge on any atom is 0.228 e. The lowest BCUT2D eigenvalue weighted by Crippen LogP contribution is -2.39. The molecule has 1 saturated heterocycles. The first-order valence-corrected chi connectivity index (χ1v) is 12.5. The highest BCUT2D eigenvalue weighted by Crippen LogP contribution is 2.22. The van der Waals surface area contributed by atoms with Gasteiger partial charge in [-0.05, 0) is 96.1 Å². The highest BCUT2D eigenvalue weighted by molar-refractivity contribution is 6.02. The van der Waals surface area contributed by atoms with Crippen LogP contribution < -0.4 is 10.6 Å². The van der Waals surface area contributed by atoms with Crippen molar-refractivity contribution in [2.24, 2.45) is 21.8 Å². The molecule has 1 aromatic carbocycles. The summed E-state index contributed by atoms with van der Waals surface area (Å²) in [7, 11) is 0. The number of rotatable bonds is 10. The molecule has 1 fully saturated rings. The van der Waals surface area contributed by atoms with E-state index < -0.39 is 0 Å². The molecule has 0 unspecified atom stereocenters. The molecule has 8 heteroatoms. The first-order valence-electron chi connectivity index (χ1n) is 12.5. The van der Waals surface area contributed by atoms with Crippen molar-refractivity contribution in [3.63, 3.8) is 0 Å². The van der Waals surface area contributed by atoms with Crippen molar-refractivity contribution in [2.75, 3.05) is 25.0 Å². The summed E-state index contributed by atoms with van der Waals surface area (Å²) < 4.78 is 0. The van der Waals surface area contributed by atoms with Gasteiger partial charge < -0.3 is 15.5 Å². The predicted molar refractivity (Wildman–Crippen MR) is 145 cm³/mol. The lowest BCUT2D eigenvalue weighted by atomic mass is 9.95. The maximum atomic E-state index is 12.9. The minimum absolute atomic E-state index is 0.0145. The standard InChI is InChI=1S/C27H39N7O/c1-18(2)9-12-34-13-10-21(11-14-34)27(35)31-25-16-23-15-22(7-8-24(23)32-33-25)20(5)30-26(17-28-6)29-19(3)4/h7-8,15-19,21,29H,6,9-14H2,1-5H3,(H,31,33,35)/b26-17-,30-20?. The van der Waals surface area contributed by atoms with Crippen LogP contribution in [-0.4, -0.2) is 59.1 Å². The second-order valence-electron chi connectivity index (χ2n) is 9.98. The van der Waals surface area contributed by atoms with Crippen LogP contribution in [0, 0.1) is 11.8 Å². The van der Waals surface area contributed by atoms with Crippen molar-refractivity contribution in [3.05, 3.63) is 41.8 Å². The number of hydrogen-bond acceptors (Lipinski definition) is 7. The molecule has 3 rings (SSSR count). The van der Waals surface area contributed by atoms with Gasteiger partial charge >= 0.3 is 0 Å². The zero-order valence-electron chi connectivity index (χ0n) is 21.7. The van der Waals surface area contributed by atoms with Crippen LogP contribution in [-0.2, 0) is 4.79 Å². The van der Waals surface area contributed by atoms with Gasteiger partial charge in [0.25, 0.3) is 0 Å². The number of fused-ring (bicyclic) bond motifs is 1. The van der Waals surface area contributed by atoms with Gasteiger partial charge in [-0.1, -0.05) is 19.9 Å². The quantitative estimate of drug-likeness (QED) is 0.487. The van der Waals surface area contributed by atoms with E-state index in [0.29, 0.717) is 17.6 Å². The number of piperidine rings is 1. The summed E-state index contributed by atoms with van der Waals surface area (Å²) in [4.78, 5) is 23.9. The molecule has 8 nitrogen and oxygen atoms in total. The SMILES string of the molecule is C=N/C=C(\N=C(C)c1ccc2nnc(NC(=O)C3CCN(CCC(C)C)CC3)cc2c1)NC(C)C. The second-order valence-corrected chi connectivity index (χ2v) is 9.98. The molecule has 1 aliphatic rings. The number of carbonyl (C=O) groups is 1. The average Bonchev–Trinajstić information content (AvgIpc) is 2.82. The summed E-state index contributed by atoms with van der Waals surface area (Å²) in [5, 5.41) is 15.7. The Morgan fingerprint density at radius 3 is 2.60 bits per heavy atom. The number of benzene rings is 1. The molecule has 1 aromatic heterocycles. The molecule has 2 aromatic rings. The van der Waals surface area contributed by atoms with E-state index >= 15 is 0 Å². The summed E-state index contributed by atoms with van der Waals surface area (Å²) in [6, 6.07) is 8.00. The van der Waals surface area contributed by atoms with E-state index in [-0.39, 0.29) is 17.9 Å². The van der Waals surface area contributed by atoms with Gasteiger partial charge in [-0.2, -0.15) is 0 Å². The summed E-state index contributed by atoms with van der Waals surface area (Å²) in [6.07, 6.45) is 4.57. The fourth-order valence-electron chi connectivity index (χ4n) is 4.14. The number of aromatic nitrogens is 2. The van der Waals surface area contributed by atoms with Crippen LogP contribution in [0.4, 0.5) is 5.82 Å². The summed E-state index contributed by atoms with van der Waals surface area (Å²) in [6.45, 7) is 17.1. The Morgan fingerprint density at radius 2 is 1.94 bits per heavy atom. The Labute approximate surface area is 209 Å². The number of carbonyl (C=O) groups excluding carboxylic acids is 1. The Bertz CT molecular complexity index is 1080. The van der Waals surface area contributed by atoms with Crippen LogP contribution in [0.3, 0.4) is 0 Å². The van der Waals surface area contributed by atoms with Gasteiger partial charge in [-0.25, -0.2) is 4.99 Å². The van der Waals surface area contributed by atoms with Crippen molar-refractivity contribution < 1.29 is 4.79 Å². The largest absolute Gasteiger partial charge is 0.367 e. The van der Waals surface area contributed by atoms with Crippen LogP contribution in [0.15, 0.2) is 46.3 Å². The first kappa shape index (κ1) is 26.5. The molecule has 0 atom stereocenters. The van der Waals surface area contributed by atoms with Crippen LogP contribution in [0.25, 0.3) is 10.9 Å². The smallest absolute Gasteiger partial charge is 0.228 e. The van der Waals surface area contributed by atoms with Crippen LogP contribution in [0.1, 0.15) is 59.4 Å². The summed E-state index contributed by atoms with van der Waals surface area (Å²) in [5.41, 5.74) is 2.56. The monoisotopic (exact) mass is 477 g/mol. The molecular formula is C27H39N7O. The Hall–Kier alpha value is -3.13. The molecule has 0 saturated carbocycles. The number of anilines is 1. The normalized spacial score (nSPS) is 16.2. The third kappa shape index (κ3) is 7.96. The molecule has 1 aliphatic heterocycles. The molecule has 1 amide bonds. The summed E-state index contributed by atoms with van der Waals surface area (Å²) >= 11 is 0. The van der Waals surface area contributed by atoms with Crippen molar-refractivity contribution in [2.45, 2.75) is 59.9 Å². The van der Waals surface area contributed by atoms with Crippen molar-refractivity contribution >= 4 is 35.1 Å². The predicted octanol–water partition coefficient (Wildman–Crippen LogP) is 4.63. The van der Waals surface area contributed by atoms with Crippen LogP contribution in [0.5, 0.6) is 0 Å². The average molecular weight is 478 g/mol. The Kier molecular flexibility index (Phi) is 9.48. The van der Waals surface area contributed by atoms with Gasteiger partial charge in [-0.15, -0.1) is 10.2 Å². The van der Waals surface area contributed by atoms with Crippen molar-refractivity contribution in [1.82, 2.24) is 20.4 Å². The van der Waals surface area contributed by atoms with Gasteiger partial charge in [0, 0.05) is 23.1 Å². The van der Waals surface area contributed by atoms with E-state index in [0.717, 1.165) is 54.7 Å². The minimum atomic E-state index is 0.0145. The summed E-state index contributed by atoms with van der Waals surface area (Å²) in [5.74, 6) is 1.89. The van der Waals surface area contributed by atoms with Crippen LogP contribution in [0.2, 0.25) is 0 Å². The molecule has 0 spiro atoms. The minimum Gasteiger partial charge on any atom is -0.367 e. The number of hydrogen-bond donors (Lipinski definition) is 2. The van der Waals surface area contributed by atoms with E-state index in [1.807, 2.05) is 45.0 Å². The fourth-order valence-corrected chi connectivity index (χ4v) is 4.14. The van der Waals surface area contributed by atoms with Gasteiger partial charge in [0.15, 0.2) is 5.82 Å². The first-order chi connectivity index (χ1) is 16.7. The van der Waals surface area contributed by atoms with E-state index in [1.165, 1.54) is 6.42 Å². The number of amides is 1. The Balaban J connectivity index is 1.68. The Morgan fingerprint density at radius 1 is 1.20 bits per heavy atom. The third-order valence-electron chi connectivity index (χ3n) is 6.17.